The molecule has 5 heteroatoms. The molecule has 1 N–H and O–H groups in total. The van der Waals surface area contributed by atoms with E-state index in [0.717, 1.165) is 30.2 Å². The first kappa shape index (κ1) is 15.0. The maximum Gasteiger partial charge on any atom is 0.229 e. The number of nitrogens with zero attached hydrogens (tertiary/aromatic N) is 2. The molecule has 0 bridgehead atoms. The predicted molar refractivity (Wildman–Crippen MR) is 86.4 cm³/mol. The van der Waals surface area contributed by atoms with Gasteiger partial charge >= 0.3 is 0 Å². The molecule has 1 saturated heterocycles. The average molecular weight is 307 g/mol. The molecule has 0 aromatic carbocycles. The zero-order valence-electron chi connectivity index (χ0n) is 12.6. The minimum absolute atomic E-state index is 0.175. The van der Waals surface area contributed by atoms with Gasteiger partial charge in [0.2, 0.25) is 5.91 Å². The van der Waals surface area contributed by atoms with Gasteiger partial charge in [0.15, 0.2) is 5.13 Å². The highest BCUT2D eigenvalue weighted by Gasteiger charge is 2.22. The lowest BCUT2D eigenvalue weighted by Crippen LogP contribution is -2.29. The number of carbonyl (C=O) groups is 1. The molecule has 21 heavy (non-hydrogen) atoms. The van der Waals surface area contributed by atoms with Crippen molar-refractivity contribution in [3.63, 3.8) is 0 Å². The van der Waals surface area contributed by atoms with Crippen LogP contribution in [0.5, 0.6) is 0 Å². The lowest BCUT2D eigenvalue weighted by Gasteiger charge is -2.25. The van der Waals surface area contributed by atoms with Gasteiger partial charge in [-0.15, -0.1) is 11.3 Å². The largest absolute Gasteiger partial charge is 0.302 e. The number of amides is 1. The number of aromatic nitrogens is 1. The molecule has 1 aromatic rings. The number of thiazole rings is 1. The second-order valence-corrected chi connectivity index (χ2v) is 7.16. The Morgan fingerprint density at radius 3 is 2.67 bits per heavy atom. The third-order valence-electron chi connectivity index (χ3n) is 4.59. The second kappa shape index (κ2) is 7.36. The molecule has 0 spiro atoms. The minimum Gasteiger partial charge on any atom is -0.302 e. The SMILES string of the molecule is O=C(Nc1nc(CN2CCCCC2)cs1)C1CCCCC1. The first-order chi connectivity index (χ1) is 10.3. The van der Waals surface area contributed by atoms with Crippen molar-refractivity contribution in [2.45, 2.75) is 57.9 Å². The highest BCUT2D eigenvalue weighted by molar-refractivity contribution is 7.13. The van der Waals surface area contributed by atoms with Crippen LogP contribution in [0.4, 0.5) is 5.13 Å². The molecule has 1 aliphatic carbocycles. The molecular weight excluding hydrogens is 282 g/mol. The van der Waals surface area contributed by atoms with Crippen LogP contribution in [0.25, 0.3) is 0 Å². The fourth-order valence-corrected chi connectivity index (χ4v) is 4.06. The summed E-state index contributed by atoms with van der Waals surface area (Å²) >= 11 is 1.56. The average Bonchev–Trinajstić information content (AvgIpc) is 2.96. The van der Waals surface area contributed by atoms with Crippen LogP contribution in [0.15, 0.2) is 5.38 Å². The maximum atomic E-state index is 12.2. The Bertz CT molecular complexity index is 462. The molecular formula is C16H25N3OS. The molecule has 1 saturated carbocycles. The van der Waals surface area contributed by atoms with Gasteiger partial charge < -0.3 is 5.32 Å². The molecule has 0 unspecified atom stereocenters. The van der Waals surface area contributed by atoms with Gasteiger partial charge in [-0.1, -0.05) is 25.7 Å². The summed E-state index contributed by atoms with van der Waals surface area (Å²) in [5.74, 6) is 0.377. The van der Waals surface area contributed by atoms with Crippen molar-refractivity contribution < 1.29 is 4.79 Å². The van der Waals surface area contributed by atoms with E-state index >= 15 is 0 Å². The van der Waals surface area contributed by atoms with E-state index in [0.29, 0.717) is 0 Å². The summed E-state index contributed by atoms with van der Waals surface area (Å²) in [6, 6.07) is 0. The van der Waals surface area contributed by atoms with Crippen LogP contribution in [-0.2, 0) is 11.3 Å². The molecule has 0 radical (unpaired) electrons. The Kier molecular flexibility index (Phi) is 5.25. The highest BCUT2D eigenvalue weighted by Crippen LogP contribution is 2.26. The van der Waals surface area contributed by atoms with Crippen molar-refractivity contribution >= 4 is 22.4 Å². The summed E-state index contributed by atoms with van der Waals surface area (Å²) in [6.45, 7) is 3.29. The van der Waals surface area contributed by atoms with Crippen LogP contribution in [-0.4, -0.2) is 28.9 Å². The van der Waals surface area contributed by atoms with E-state index in [9.17, 15) is 4.79 Å². The van der Waals surface area contributed by atoms with E-state index in [2.05, 4.69) is 20.6 Å². The Labute approximate surface area is 130 Å². The van der Waals surface area contributed by atoms with Crippen molar-refractivity contribution in [1.29, 1.82) is 0 Å². The van der Waals surface area contributed by atoms with Crippen LogP contribution in [0, 0.1) is 5.92 Å². The van der Waals surface area contributed by atoms with E-state index in [4.69, 9.17) is 0 Å². The second-order valence-electron chi connectivity index (χ2n) is 6.30. The van der Waals surface area contributed by atoms with Crippen molar-refractivity contribution in [1.82, 2.24) is 9.88 Å². The molecule has 1 aromatic heterocycles. The zero-order valence-corrected chi connectivity index (χ0v) is 13.5. The summed E-state index contributed by atoms with van der Waals surface area (Å²) in [7, 11) is 0. The zero-order chi connectivity index (χ0) is 14.5. The Morgan fingerprint density at radius 2 is 1.90 bits per heavy atom. The number of piperidine rings is 1. The number of nitrogens with one attached hydrogen (secondary N) is 1. The van der Waals surface area contributed by atoms with Crippen molar-refractivity contribution in [3.05, 3.63) is 11.1 Å². The Balaban J connectivity index is 1.50. The molecule has 116 valence electrons. The van der Waals surface area contributed by atoms with E-state index in [1.807, 2.05) is 0 Å². The number of hydrogen-bond donors (Lipinski definition) is 1. The van der Waals surface area contributed by atoms with Crippen LogP contribution in [0.2, 0.25) is 0 Å². The number of carbonyl (C=O) groups excluding carboxylic acids is 1. The smallest absolute Gasteiger partial charge is 0.229 e. The molecule has 1 aliphatic heterocycles. The van der Waals surface area contributed by atoms with Gasteiger partial charge in [0.25, 0.3) is 0 Å². The number of hydrogen-bond acceptors (Lipinski definition) is 4. The van der Waals surface area contributed by atoms with Crippen molar-refractivity contribution in [2.24, 2.45) is 5.92 Å². The van der Waals surface area contributed by atoms with E-state index in [1.165, 1.54) is 51.6 Å². The molecule has 2 aliphatic rings. The van der Waals surface area contributed by atoms with Crippen molar-refractivity contribution in [2.75, 3.05) is 18.4 Å². The maximum absolute atomic E-state index is 12.2. The number of likely N-dealkylation sites (tertiary alicyclic amines) is 1. The van der Waals surface area contributed by atoms with Gasteiger partial charge in [0.1, 0.15) is 0 Å². The van der Waals surface area contributed by atoms with Crippen LogP contribution >= 0.6 is 11.3 Å². The predicted octanol–water partition coefficient (Wildman–Crippen LogP) is 3.65. The summed E-state index contributed by atoms with van der Waals surface area (Å²) in [4.78, 5) is 19.3. The fourth-order valence-electron chi connectivity index (χ4n) is 3.36. The number of anilines is 1. The monoisotopic (exact) mass is 307 g/mol. The van der Waals surface area contributed by atoms with E-state index < -0.39 is 0 Å². The lowest BCUT2D eigenvalue weighted by atomic mass is 9.89. The number of rotatable bonds is 4. The minimum atomic E-state index is 0.175. The standard InChI is InChI=1S/C16H25N3OS/c20-15(13-7-3-1-4-8-13)18-16-17-14(12-21-16)11-19-9-5-2-6-10-19/h12-13H,1-11H2,(H,17,18,20). The van der Waals surface area contributed by atoms with Gasteiger partial charge in [-0.2, -0.15) is 0 Å². The van der Waals surface area contributed by atoms with Crippen LogP contribution < -0.4 is 5.32 Å². The van der Waals surface area contributed by atoms with Gasteiger partial charge in [-0.05, 0) is 38.8 Å². The summed E-state index contributed by atoms with van der Waals surface area (Å²) < 4.78 is 0. The quantitative estimate of drug-likeness (QED) is 0.923. The van der Waals surface area contributed by atoms with Gasteiger partial charge in [0, 0.05) is 17.8 Å². The molecule has 1 amide bonds. The van der Waals surface area contributed by atoms with Crippen molar-refractivity contribution in [3.8, 4) is 0 Å². The van der Waals surface area contributed by atoms with E-state index in [1.54, 1.807) is 11.3 Å². The van der Waals surface area contributed by atoms with Crippen LogP contribution in [0.1, 0.15) is 57.1 Å². The highest BCUT2D eigenvalue weighted by atomic mass is 32.1. The van der Waals surface area contributed by atoms with Crippen LogP contribution in [0.3, 0.4) is 0 Å². The molecule has 0 atom stereocenters. The summed E-state index contributed by atoms with van der Waals surface area (Å²) in [5.41, 5.74) is 1.10. The fraction of sp³-hybridized carbons (Fsp3) is 0.750. The topological polar surface area (TPSA) is 45.2 Å². The molecule has 4 nitrogen and oxygen atoms in total. The first-order valence-electron chi connectivity index (χ1n) is 8.29. The summed E-state index contributed by atoms with van der Waals surface area (Å²) in [5, 5.41) is 5.88. The third kappa shape index (κ3) is 4.27. The van der Waals surface area contributed by atoms with Gasteiger partial charge in [-0.25, -0.2) is 4.98 Å². The van der Waals surface area contributed by atoms with E-state index in [-0.39, 0.29) is 11.8 Å². The molecule has 2 fully saturated rings. The van der Waals surface area contributed by atoms with Gasteiger partial charge in [-0.3, -0.25) is 9.69 Å². The molecule has 3 rings (SSSR count). The normalized spacial score (nSPS) is 21.3. The van der Waals surface area contributed by atoms with Gasteiger partial charge in [0.05, 0.1) is 5.69 Å². The Hall–Kier alpha value is -0.940. The molecule has 2 heterocycles. The summed E-state index contributed by atoms with van der Waals surface area (Å²) in [6.07, 6.45) is 9.70. The lowest BCUT2D eigenvalue weighted by molar-refractivity contribution is -0.120. The first-order valence-corrected chi connectivity index (χ1v) is 9.17. The third-order valence-corrected chi connectivity index (χ3v) is 5.40. The Morgan fingerprint density at radius 1 is 1.19 bits per heavy atom.